The summed E-state index contributed by atoms with van der Waals surface area (Å²) in [5, 5.41) is 8.20. The molecule has 4 rings (SSSR count). The van der Waals surface area contributed by atoms with Crippen LogP contribution < -0.4 is 16.0 Å². The summed E-state index contributed by atoms with van der Waals surface area (Å²) in [6, 6.07) is 35.9. The summed E-state index contributed by atoms with van der Waals surface area (Å²) in [5.41, 5.74) is 2.60. The summed E-state index contributed by atoms with van der Waals surface area (Å²) in [5.74, 6) is -0.841. The Hall–Kier alpha value is -7.14. The van der Waals surface area contributed by atoms with Gasteiger partial charge >= 0.3 is 30.3 Å². The van der Waals surface area contributed by atoms with Crippen molar-refractivity contribution >= 4 is 36.2 Å². The second kappa shape index (κ2) is 31.8. The zero-order chi connectivity index (χ0) is 50.2. The first-order valence-corrected chi connectivity index (χ1v) is 23.8. The number of benzene rings is 4. The van der Waals surface area contributed by atoms with Gasteiger partial charge in [-0.1, -0.05) is 121 Å². The molecule has 0 heterocycles. The van der Waals surface area contributed by atoms with Gasteiger partial charge in [-0.3, -0.25) is 14.5 Å². The molecule has 1 unspecified atom stereocenters. The lowest BCUT2D eigenvalue weighted by molar-refractivity contribution is -0.145. The zero-order valence-electron chi connectivity index (χ0n) is 40.6. The first kappa shape index (κ1) is 55.5. The maximum absolute atomic E-state index is 14.2. The van der Waals surface area contributed by atoms with Crippen molar-refractivity contribution in [3.8, 4) is 0 Å². The summed E-state index contributed by atoms with van der Waals surface area (Å²) in [6.45, 7) is 6.59. The number of ether oxygens (including phenoxy) is 6. The van der Waals surface area contributed by atoms with Gasteiger partial charge in [0.25, 0.3) is 0 Å². The maximum Gasteiger partial charge on any atom is 0.410 e. The molecule has 70 heavy (non-hydrogen) atoms. The van der Waals surface area contributed by atoms with Crippen molar-refractivity contribution in [3.05, 3.63) is 144 Å². The molecular weight excluding hydrogens is 899 g/mol. The SMILES string of the molecule is CC(C)(C)OC(=O)NCCOCCNC(=O)C(CCCN(CCCCC(=O)OCc1ccccc1)C(=O)OCc1ccccc1)N(CCCNC(=O)OCc1ccccc1)C(=O)OCc1ccccc1. The third-order valence-corrected chi connectivity index (χ3v) is 10.3. The first-order chi connectivity index (χ1) is 33.9. The van der Waals surface area contributed by atoms with Crippen LogP contribution in [0.3, 0.4) is 0 Å². The number of unbranched alkanes of at least 4 members (excludes halogenated alkanes) is 1. The monoisotopic (exact) mass is 967 g/mol. The summed E-state index contributed by atoms with van der Waals surface area (Å²) in [6.07, 6.45) is -0.849. The Bertz CT molecular complexity index is 2140. The molecular formula is C53H69N5O12. The van der Waals surface area contributed by atoms with E-state index in [1.165, 1.54) is 9.80 Å². The van der Waals surface area contributed by atoms with E-state index < -0.39 is 41.9 Å². The number of hydrogen-bond acceptors (Lipinski definition) is 12. The van der Waals surface area contributed by atoms with Crippen LogP contribution in [0, 0.1) is 0 Å². The number of amides is 5. The molecule has 378 valence electrons. The van der Waals surface area contributed by atoms with Gasteiger partial charge in [0.05, 0.1) is 13.2 Å². The number of hydrogen-bond donors (Lipinski definition) is 3. The van der Waals surface area contributed by atoms with Crippen LogP contribution in [-0.4, -0.2) is 110 Å². The van der Waals surface area contributed by atoms with E-state index in [1.54, 1.807) is 20.8 Å². The molecule has 17 nitrogen and oxygen atoms in total. The van der Waals surface area contributed by atoms with Crippen molar-refractivity contribution in [2.45, 2.75) is 97.4 Å². The van der Waals surface area contributed by atoms with Crippen LogP contribution >= 0.6 is 0 Å². The number of carbonyl (C=O) groups excluding carboxylic acids is 6. The number of rotatable bonds is 29. The lowest BCUT2D eigenvalue weighted by atomic mass is 10.1. The summed E-state index contributed by atoms with van der Waals surface area (Å²) < 4.78 is 33.2. The molecule has 0 aromatic heterocycles. The Labute approximate surface area is 411 Å². The predicted molar refractivity (Wildman–Crippen MR) is 262 cm³/mol. The minimum absolute atomic E-state index is 0.0146. The number of alkyl carbamates (subject to hydrolysis) is 2. The summed E-state index contributed by atoms with van der Waals surface area (Å²) >= 11 is 0. The molecule has 17 heteroatoms. The molecule has 5 amide bonds. The Kier molecular flexibility index (Phi) is 25.2. The van der Waals surface area contributed by atoms with Gasteiger partial charge in [0, 0.05) is 45.7 Å². The largest absolute Gasteiger partial charge is 0.461 e. The predicted octanol–water partition coefficient (Wildman–Crippen LogP) is 8.30. The van der Waals surface area contributed by atoms with Crippen molar-refractivity contribution in [2.75, 3.05) is 52.5 Å². The highest BCUT2D eigenvalue weighted by molar-refractivity contribution is 5.85. The molecule has 0 bridgehead atoms. The van der Waals surface area contributed by atoms with Gasteiger partial charge < -0.3 is 49.3 Å². The normalized spacial score (nSPS) is 11.3. The molecule has 0 aliphatic carbocycles. The fourth-order valence-electron chi connectivity index (χ4n) is 6.79. The van der Waals surface area contributed by atoms with Crippen molar-refractivity contribution in [1.29, 1.82) is 0 Å². The number of carbonyl (C=O) groups is 6. The number of esters is 1. The minimum atomic E-state index is -1.08. The van der Waals surface area contributed by atoms with Crippen LogP contribution in [0.2, 0.25) is 0 Å². The Balaban J connectivity index is 1.44. The second-order valence-electron chi connectivity index (χ2n) is 17.2. The summed E-state index contributed by atoms with van der Waals surface area (Å²) in [7, 11) is 0. The van der Waals surface area contributed by atoms with Crippen LogP contribution in [0.4, 0.5) is 19.2 Å². The molecule has 4 aromatic rings. The van der Waals surface area contributed by atoms with Gasteiger partial charge in [-0.2, -0.15) is 0 Å². The number of nitrogens with zero attached hydrogens (tertiary/aromatic N) is 2. The zero-order valence-corrected chi connectivity index (χ0v) is 40.6. The lowest BCUT2D eigenvalue weighted by Gasteiger charge is -2.31. The smallest absolute Gasteiger partial charge is 0.410 e. The molecule has 0 spiro atoms. The van der Waals surface area contributed by atoms with Crippen LogP contribution in [0.25, 0.3) is 0 Å². The van der Waals surface area contributed by atoms with Gasteiger partial charge in [-0.15, -0.1) is 0 Å². The highest BCUT2D eigenvalue weighted by Crippen LogP contribution is 2.16. The standard InChI is InChI=1S/C53H69N5O12/c1-53(2,3)70-50(62)56-32-37-65-36-31-54-48(60)46(58(52(64)69-41-45-26-14-7-15-27-45)35-19-30-55-49(61)67-39-43-22-10-5-11-23-43)28-18-34-57(51(63)68-40-44-24-12-6-13-25-44)33-17-16-29-47(59)66-38-42-20-8-4-9-21-42/h4-15,20-27,46H,16-19,28-41H2,1-3H3,(H,54,60)(H,55,61)(H,56,62). The van der Waals surface area contributed by atoms with E-state index in [4.69, 9.17) is 28.4 Å². The quantitative estimate of drug-likeness (QED) is 0.0268. The van der Waals surface area contributed by atoms with E-state index >= 15 is 0 Å². The average molecular weight is 968 g/mol. The van der Waals surface area contributed by atoms with Crippen LogP contribution in [0.5, 0.6) is 0 Å². The first-order valence-electron chi connectivity index (χ1n) is 23.8. The Morgan fingerprint density at radius 3 is 1.51 bits per heavy atom. The molecule has 0 fully saturated rings. The molecule has 0 saturated heterocycles. The molecule has 0 saturated carbocycles. The van der Waals surface area contributed by atoms with Gasteiger partial charge in [0.1, 0.15) is 38.1 Å². The molecule has 0 aliphatic rings. The van der Waals surface area contributed by atoms with E-state index in [0.717, 1.165) is 22.3 Å². The van der Waals surface area contributed by atoms with Crippen LogP contribution in [-0.2, 0) is 64.4 Å². The molecule has 0 aliphatic heterocycles. The average Bonchev–Trinajstić information content (AvgIpc) is 3.36. The van der Waals surface area contributed by atoms with E-state index in [2.05, 4.69) is 16.0 Å². The highest BCUT2D eigenvalue weighted by Gasteiger charge is 2.31. The van der Waals surface area contributed by atoms with Gasteiger partial charge in [-0.25, -0.2) is 19.2 Å². The van der Waals surface area contributed by atoms with E-state index in [9.17, 15) is 28.8 Å². The van der Waals surface area contributed by atoms with E-state index in [1.807, 2.05) is 121 Å². The summed E-state index contributed by atoms with van der Waals surface area (Å²) in [4.78, 5) is 81.9. The minimum Gasteiger partial charge on any atom is -0.461 e. The highest BCUT2D eigenvalue weighted by atomic mass is 16.6. The molecule has 4 aromatic carbocycles. The van der Waals surface area contributed by atoms with Gasteiger partial charge in [0.2, 0.25) is 5.91 Å². The van der Waals surface area contributed by atoms with Crippen molar-refractivity contribution in [3.63, 3.8) is 0 Å². The van der Waals surface area contributed by atoms with Gasteiger partial charge in [0.15, 0.2) is 0 Å². The van der Waals surface area contributed by atoms with Crippen molar-refractivity contribution in [2.24, 2.45) is 0 Å². The van der Waals surface area contributed by atoms with E-state index in [-0.39, 0.29) is 111 Å². The number of nitrogens with one attached hydrogen (secondary N) is 3. The van der Waals surface area contributed by atoms with E-state index in [0.29, 0.717) is 12.8 Å². The molecule has 3 N–H and O–H groups in total. The fraction of sp³-hybridized carbons (Fsp3) is 0.434. The third kappa shape index (κ3) is 23.7. The molecule has 0 radical (unpaired) electrons. The Morgan fingerprint density at radius 1 is 0.500 bits per heavy atom. The van der Waals surface area contributed by atoms with Crippen LogP contribution in [0.1, 0.15) is 81.5 Å². The lowest BCUT2D eigenvalue weighted by Crippen LogP contribution is -2.51. The maximum atomic E-state index is 14.2. The Morgan fingerprint density at radius 2 is 0.971 bits per heavy atom. The third-order valence-electron chi connectivity index (χ3n) is 10.3. The van der Waals surface area contributed by atoms with Gasteiger partial charge in [-0.05, 0) is 75.1 Å². The second-order valence-corrected chi connectivity index (χ2v) is 17.2. The topological polar surface area (TPSA) is 200 Å². The van der Waals surface area contributed by atoms with Crippen molar-refractivity contribution in [1.82, 2.24) is 25.8 Å². The van der Waals surface area contributed by atoms with Crippen molar-refractivity contribution < 1.29 is 57.2 Å². The molecule has 1 atom stereocenters. The van der Waals surface area contributed by atoms with Crippen LogP contribution in [0.15, 0.2) is 121 Å². The fourth-order valence-corrected chi connectivity index (χ4v) is 6.79.